The van der Waals surface area contributed by atoms with Gasteiger partial charge in [0.05, 0.1) is 17.5 Å². The highest BCUT2D eigenvalue weighted by atomic mass is 32.1. The van der Waals surface area contributed by atoms with Gasteiger partial charge in [0.25, 0.3) is 0 Å². The zero-order chi connectivity index (χ0) is 13.0. The van der Waals surface area contributed by atoms with Crippen molar-refractivity contribution in [1.29, 1.82) is 0 Å². The molecule has 0 fully saturated rings. The van der Waals surface area contributed by atoms with Gasteiger partial charge in [-0.15, -0.1) is 11.3 Å². The van der Waals surface area contributed by atoms with E-state index < -0.39 is 5.97 Å². The van der Waals surface area contributed by atoms with Crippen molar-refractivity contribution < 1.29 is 9.90 Å². The lowest BCUT2D eigenvalue weighted by atomic mass is 10.1. The van der Waals surface area contributed by atoms with Gasteiger partial charge in [0.2, 0.25) is 5.13 Å². The average Bonchev–Trinajstić information content (AvgIpc) is 2.75. The normalized spacial score (nSPS) is 10.7. The van der Waals surface area contributed by atoms with E-state index in [9.17, 15) is 4.79 Å². The van der Waals surface area contributed by atoms with Crippen molar-refractivity contribution in [2.75, 3.05) is 5.43 Å². The first kappa shape index (κ1) is 12.3. The van der Waals surface area contributed by atoms with Crippen LogP contribution in [-0.4, -0.2) is 22.3 Å². The van der Waals surface area contributed by atoms with Crippen LogP contribution in [0.25, 0.3) is 0 Å². The molecule has 0 bridgehead atoms. The standard InChI is InChI=1S/C12H11N3O2S/c1-8-7-18-12(14-8)15-13-6-9-3-2-4-10(5-9)11(16)17/h2-7H,1H3,(H,14,15)(H,16,17). The molecule has 0 aliphatic carbocycles. The molecule has 92 valence electrons. The number of aryl methyl sites for hydroxylation is 1. The van der Waals surface area contributed by atoms with Crippen LogP contribution in [-0.2, 0) is 0 Å². The number of carboxylic acids is 1. The van der Waals surface area contributed by atoms with Crippen molar-refractivity contribution in [1.82, 2.24) is 4.98 Å². The van der Waals surface area contributed by atoms with Gasteiger partial charge in [0, 0.05) is 5.38 Å². The van der Waals surface area contributed by atoms with E-state index in [4.69, 9.17) is 5.11 Å². The average molecular weight is 261 g/mol. The number of thiazole rings is 1. The Balaban J connectivity index is 2.04. The second-order valence-electron chi connectivity index (χ2n) is 3.59. The van der Waals surface area contributed by atoms with E-state index in [1.54, 1.807) is 24.4 Å². The van der Waals surface area contributed by atoms with Crippen LogP contribution in [0.4, 0.5) is 5.13 Å². The Bertz CT molecular complexity index is 593. The number of rotatable bonds is 4. The number of carboxylic acid groups (broad SMARTS) is 1. The number of carbonyl (C=O) groups is 1. The summed E-state index contributed by atoms with van der Waals surface area (Å²) < 4.78 is 0. The summed E-state index contributed by atoms with van der Waals surface area (Å²) in [5, 5.41) is 15.5. The molecule has 2 aromatic rings. The number of nitrogens with zero attached hydrogens (tertiary/aromatic N) is 2. The predicted molar refractivity (Wildman–Crippen MR) is 71.5 cm³/mol. The lowest BCUT2D eigenvalue weighted by Crippen LogP contribution is -1.97. The molecule has 2 N–H and O–H groups in total. The molecule has 18 heavy (non-hydrogen) atoms. The summed E-state index contributed by atoms with van der Waals surface area (Å²) in [4.78, 5) is 15.0. The van der Waals surface area contributed by atoms with Crippen molar-refractivity contribution in [2.45, 2.75) is 6.92 Å². The lowest BCUT2D eigenvalue weighted by molar-refractivity contribution is 0.0697. The molecule has 0 radical (unpaired) electrons. The summed E-state index contributed by atoms with van der Waals surface area (Å²) in [6.07, 6.45) is 1.56. The number of hydrazone groups is 1. The minimum Gasteiger partial charge on any atom is -0.478 e. The second-order valence-corrected chi connectivity index (χ2v) is 4.45. The molecule has 0 atom stereocenters. The Morgan fingerprint density at radius 2 is 2.39 bits per heavy atom. The Morgan fingerprint density at radius 3 is 3.06 bits per heavy atom. The van der Waals surface area contributed by atoms with Gasteiger partial charge in [-0.3, -0.25) is 5.43 Å². The van der Waals surface area contributed by atoms with Crippen LogP contribution in [0.15, 0.2) is 34.7 Å². The number of aromatic carboxylic acids is 1. The highest BCUT2D eigenvalue weighted by Crippen LogP contribution is 2.14. The summed E-state index contributed by atoms with van der Waals surface area (Å²) >= 11 is 1.46. The highest BCUT2D eigenvalue weighted by Gasteiger charge is 2.01. The number of hydrogen-bond acceptors (Lipinski definition) is 5. The van der Waals surface area contributed by atoms with E-state index >= 15 is 0 Å². The number of hydrogen-bond donors (Lipinski definition) is 2. The molecule has 6 heteroatoms. The van der Waals surface area contributed by atoms with Crippen LogP contribution in [0, 0.1) is 6.92 Å². The Labute approximate surface area is 108 Å². The molecule has 0 spiro atoms. The van der Waals surface area contributed by atoms with Crippen molar-refractivity contribution in [2.24, 2.45) is 5.10 Å². The van der Waals surface area contributed by atoms with Gasteiger partial charge in [-0.25, -0.2) is 9.78 Å². The van der Waals surface area contributed by atoms with Gasteiger partial charge in [-0.05, 0) is 24.6 Å². The van der Waals surface area contributed by atoms with Crippen LogP contribution < -0.4 is 5.43 Å². The summed E-state index contributed by atoms with van der Waals surface area (Å²) in [7, 11) is 0. The van der Waals surface area contributed by atoms with Gasteiger partial charge in [-0.1, -0.05) is 12.1 Å². The zero-order valence-corrected chi connectivity index (χ0v) is 10.4. The Hall–Kier alpha value is -2.21. The summed E-state index contributed by atoms with van der Waals surface area (Å²) in [6.45, 7) is 1.90. The monoisotopic (exact) mass is 261 g/mol. The van der Waals surface area contributed by atoms with E-state index in [0.29, 0.717) is 5.13 Å². The molecule has 1 heterocycles. The maximum Gasteiger partial charge on any atom is 0.335 e. The third-order valence-corrected chi connectivity index (χ3v) is 2.99. The fourth-order valence-corrected chi connectivity index (χ4v) is 1.96. The van der Waals surface area contributed by atoms with Gasteiger partial charge >= 0.3 is 5.97 Å². The number of anilines is 1. The predicted octanol–water partition coefficient (Wildman–Crippen LogP) is 2.60. The van der Waals surface area contributed by atoms with E-state index in [0.717, 1.165) is 11.3 Å². The van der Waals surface area contributed by atoms with E-state index in [1.165, 1.54) is 17.4 Å². The van der Waals surface area contributed by atoms with E-state index in [-0.39, 0.29) is 5.56 Å². The maximum atomic E-state index is 10.8. The number of nitrogens with one attached hydrogen (secondary N) is 1. The minimum absolute atomic E-state index is 0.240. The lowest BCUT2D eigenvalue weighted by Gasteiger charge is -1.96. The van der Waals surface area contributed by atoms with E-state index in [1.807, 2.05) is 12.3 Å². The quantitative estimate of drug-likeness (QED) is 0.655. The molecule has 2 rings (SSSR count). The van der Waals surface area contributed by atoms with Crippen molar-refractivity contribution in [3.63, 3.8) is 0 Å². The van der Waals surface area contributed by atoms with Crippen LogP contribution >= 0.6 is 11.3 Å². The van der Waals surface area contributed by atoms with E-state index in [2.05, 4.69) is 15.5 Å². The molecular weight excluding hydrogens is 250 g/mol. The third-order valence-electron chi connectivity index (χ3n) is 2.13. The second kappa shape index (κ2) is 5.42. The summed E-state index contributed by atoms with van der Waals surface area (Å²) in [6, 6.07) is 6.56. The molecule has 0 aliphatic rings. The first-order chi connectivity index (χ1) is 8.65. The first-order valence-corrected chi connectivity index (χ1v) is 6.07. The number of benzene rings is 1. The molecule has 0 unspecified atom stereocenters. The minimum atomic E-state index is -0.950. The number of aromatic nitrogens is 1. The third kappa shape index (κ3) is 3.14. The Morgan fingerprint density at radius 1 is 1.56 bits per heavy atom. The molecule has 0 saturated heterocycles. The molecular formula is C12H11N3O2S. The molecule has 1 aromatic heterocycles. The first-order valence-electron chi connectivity index (χ1n) is 5.20. The molecule has 0 aliphatic heterocycles. The molecule has 1 aromatic carbocycles. The molecule has 5 nitrogen and oxygen atoms in total. The SMILES string of the molecule is Cc1csc(NN=Cc2cccc(C(=O)O)c2)n1. The summed E-state index contributed by atoms with van der Waals surface area (Å²) in [5.74, 6) is -0.950. The topological polar surface area (TPSA) is 74.6 Å². The van der Waals surface area contributed by atoms with Crippen LogP contribution in [0.5, 0.6) is 0 Å². The molecule has 0 amide bonds. The smallest absolute Gasteiger partial charge is 0.335 e. The summed E-state index contributed by atoms with van der Waals surface area (Å²) in [5.41, 5.74) is 4.69. The molecule has 0 saturated carbocycles. The van der Waals surface area contributed by atoms with Crippen molar-refractivity contribution >= 4 is 28.7 Å². The largest absolute Gasteiger partial charge is 0.478 e. The zero-order valence-electron chi connectivity index (χ0n) is 9.62. The Kier molecular flexibility index (Phi) is 3.69. The van der Waals surface area contributed by atoms with Gasteiger partial charge in [0.15, 0.2) is 0 Å². The van der Waals surface area contributed by atoms with Crippen molar-refractivity contribution in [3.8, 4) is 0 Å². The fourth-order valence-electron chi connectivity index (χ4n) is 1.32. The van der Waals surface area contributed by atoms with Crippen LogP contribution in [0.2, 0.25) is 0 Å². The maximum absolute atomic E-state index is 10.8. The van der Waals surface area contributed by atoms with Gasteiger partial charge < -0.3 is 5.11 Å². The van der Waals surface area contributed by atoms with Crippen LogP contribution in [0.1, 0.15) is 21.6 Å². The van der Waals surface area contributed by atoms with Crippen LogP contribution in [0.3, 0.4) is 0 Å². The van der Waals surface area contributed by atoms with Gasteiger partial charge in [-0.2, -0.15) is 5.10 Å². The fraction of sp³-hybridized carbons (Fsp3) is 0.0833. The van der Waals surface area contributed by atoms with Crippen molar-refractivity contribution in [3.05, 3.63) is 46.5 Å². The van der Waals surface area contributed by atoms with Gasteiger partial charge in [0.1, 0.15) is 0 Å². The highest BCUT2D eigenvalue weighted by molar-refractivity contribution is 7.13.